The molecule has 14 heavy (non-hydrogen) atoms. The fourth-order valence-corrected chi connectivity index (χ4v) is 1.32. The Morgan fingerprint density at radius 1 is 1.29 bits per heavy atom. The summed E-state index contributed by atoms with van der Waals surface area (Å²) in [4.78, 5) is 4.11. The van der Waals surface area contributed by atoms with Gasteiger partial charge in [0.2, 0.25) is 0 Å². The van der Waals surface area contributed by atoms with Gasteiger partial charge in [-0.05, 0) is 13.8 Å². The lowest BCUT2D eigenvalue weighted by molar-refractivity contribution is 0.841. The lowest BCUT2D eigenvalue weighted by Gasteiger charge is -2.03. The van der Waals surface area contributed by atoms with Crippen LogP contribution in [0.2, 0.25) is 0 Å². The maximum absolute atomic E-state index is 7.77. The zero-order chi connectivity index (χ0) is 10.6. The van der Waals surface area contributed by atoms with Gasteiger partial charge in [-0.25, -0.2) is 0 Å². The molecule has 0 bridgehead atoms. The molecule has 0 atom stereocenters. The predicted octanol–water partition coefficient (Wildman–Crippen LogP) is 3.10. The third-order valence-electron chi connectivity index (χ3n) is 1.64. The minimum Gasteiger partial charge on any atom is -0.297 e. The molecule has 2 nitrogen and oxygen atoms in total. The quantitative estimate of drug-likeness (QED) is 0.742. The van der Waals surface area contributed by atoms with Gasteiger partial charge in [0.25, 0.3) is 0 Å². The summed E-state index contributed by atoms with van der Waals surface area (Å²) >= 11 is 5.89. The van der Waals surface area contributed by atoms with E-state index >= 15 is 0 Å². The van der Waals surface area contributed by atoms with E-state index in [-0.39, 0.29) is 16.9 Å². The van der Waals surface area contributed by atoms with Crippen molar-refractivity contribution in [3.63, 3.8) is 0 Å². The molecule has 1 N–H and O–H groups in total. The molecule has 0 unspecified atom stereocenters. The summed E-state index contributed by atoms with van der Waals surface area (Å²) in [5.74, 6) is 0. The van der Waals surface area contributed by atoms with E-state index in [2.05, 4.69) is 4.99 Å². The first-order valence-electron chi connectivity index (χ1n) is 4.49. The molecule has 0 saturated heterocycles. The second-order valence-electron chi connectivity index (χ2n) is 3.25. The first kappa shape index (κ1) is 10.9. The second-order valence-corrected chi connectivity index (χ2v) is 3.61. The Labute approximate surface area is 89.1 Å². The highest BCUT2D eigenvalue weighted by Crippen LogP contribution is 2.05. The van der Waals surface area contributed by atoms with Crippen molar-refractivity contribution in [2.24, 2.45) is 4.99 Å². The smallest absolute Gasteiger partial charge is 0.149 e. The van der Waals surface area contributed by atoms with Crippen LogP contribution in [0.1, 0.15) is 19.4 Å². The Morgan fingerprint density at radius 2 is 1.86 bits per heavy atom. The summed E-state index contributed by atoms with van der Waals surface area (Å²) < 4.78 is 0. The van der Waals surface area contributed by atoms with Gasteiger partial charge in [-0.3, -0.25) is 10.4 Å². The molecule has 1 aromatic carbocycles. The molecular formula is C11H13ClN2. The number of rotatable bonds is 3. The Balaban J connectivity index is 2.87. The third-order valence-corrected chi connectivity index (χ3v) is 1.93. The highest BCUT2D eigenvalue weighted by molar-refractivity contribution is 6.85. The lowest BCUT2D eigenvalue weighted by atomic mass is 10.1. The average molecular weight is 209 g/mol. The Bertz CT molecular complexity index is 342. The molecule has 0 spiro atoms. The molecule has 1 rings (SSSR count). The molecule has 0 amide bonds. The molecule has 0 aromatic heterocycles. The van der Waals surface area contributed by atoms with Gasteiger partial charge in [-0.15, -0.1) is 0 Å². The minimum absolute atomic E-state index is 0.117. The van der Waals surface area contributed by atoms with Crippen LogP contribution in [0.3, 0.4) is 0 Å². The number of benzene rings is 1. The van der Waals surface area contributed by atoms with Crippen molar-refractivity contribution < 1.29 is 0 Å². The van der Waals surface area contributed by atoms with Crippen molar-refractivity contribution in [3.05, 3.63) is 35.9 Å². The van der Waals surface area contributed by atoms with Crippen LogP contribution in [-0.4, -0.2) is 16.9 Å². The van der Waals surface area contributed by atoms with Crippen molar-refractivity contribution >= 4 is 22.5 Å². The average Bonchev–Trinajstić information content (AvgIpc) is 2.17. The molecule has 74 valence electrons. The predicted molar refractivity (Wildman–Crippen MR) is 61.7 cm³/mol. The molecule has 0 radical (unpaired) electrons. The SMILES string of the molecule is CC(C)/N=C(/Cl)C(=N)c1ccccc1. The fourth-order valence-electron chi connectivity index (χ4n) is 1.02. The van der Waals surface area contributed by atoms with E-state index in [0.29, 0.717) is 0 Å². The first-order valence-corrected chi connectivity index (χ1v) is 4.86. The van der Waals surface area contributed by atoms with E-state index in [0.717, 1.165) is 5.56 Å². The summed E-state index contributed by atoms with van der Waals surface area (Å²) in [5, 5.41) is 8.04. The van der Waals surface area contributed by atoms with Crippen LogP contribution in [0, 0.1) is 5.41 Å². The van der Waals surface area contributed by atoms with Gasteiger partial charge in [0, 0.05) is 11.6 Å². The Hall–Kier alpha value is -1.15. The summed E-state index contributed by atoms with van der Waals surface area (Å²) in [6.45, 7) is 3.86. The maximum atomic E-state index is 7.77. The first-order chi connectivity index (χ1) is 6.61. The van der Waals surface area contributed by atoms with Gasteiger partial charge < -0.3 is 0 Å². The molecule has 0 aliphatic carbocycles. The van der Waals surface area contributed by atoms with E-state index in [4.69, 9.17) is 17.0 Å². The van der Waals surface area contributed by atoms with Crippen LogP contribution in [0.25, 0.3) is 0 Å². The van der Waals surface area contributed by atoms with Gasteiger partial charge in [0.1, 0.15) is 5.17 Å². The van der Waals surface area contributed by atoms with Gasteiger partial charge in [0.05, 0.1) is 5.71 Å². The van der Waals surface area contributed by atoms with Crippen molar-refractivity contribution in [2.75, 3.05) is 0 Å². The van der Waals surface area contributed by atoms with Crippen molar-refractivity contribution in [1.82, 2.24) is 0 Å². The van der Waals surface area contributed by atoms with E-state index in [1.807, 2.05) is 44.2 Å². The maximum Gasteiger partial charge on any atom is 0.149 e. The van der Waals surface area contributed by atoms with Gasteiger partial charge in [-0.1, -0.05) is 41.9 Å². The van der Waals surface area contributed by atoms with Gasteiger partial charge in [-0.2, -0.15) is 0 Å². The van der Waals surface area contributed by atoms with Crippen LogP contribution in [-0.2, 0) is 0 Å². The van der Waals surface area contributed by atoms with Crippen LogP contribution in [0.4, 0.5) is 0 Å². The molecule has 0 fully saturated rings. The standard InChI is InChI=1S/C11H13ClN2/c1-8(2)14-11(12)10(13)9-6-4-3-5-7-9/h3-8,13H,1-2H3/b13-10?,14-11+. The number of nitrogens with one attached hydrogen (secondary N) is 1. The van der Waals surface area contributed by atoms with E-state index in [9.17, 15) is 0 Å². The molecule has 0 heterocycles. The highest BCUT2D eigenvalue weighted by Gasteiger charge is 2.06. The zero-order valence-corrected chi connectivity index (χ0v) is 9.05. The van der Waals surface area contributed by atoms with Crippen LogP contribution in [0.5, 0.6) is 0 Å². The van der Waals surface area contributed by atoms with Gasteiger partial charge >= 0.3 is 0 Å². The van der Waals surface area contributed by atoms with Crippen LogP contribution < -0.4 is 0 Å². The van der Waals surface area contributed by atoms with E-state index in [1.165, 1.54) is 0 Å². The van der Waals surface area contributed by atoms with E-state index < -0.39 is 0 Å². The molecule has 1 aromatic rings. The second kappa shape index (κ2) is 4.91. The van der Waals surface area contributed by atoms with Crippen LogP contribution in [0.15, 0.2) is 35.3 Å². The van der Waals surface area contributed by atoms with E-state index in [1.54, 1.807) is 0 Å². The third kappa shape index (κ3) is 2.96. The number of halogens is 1. The Kier molecular flexibility index (Phi) is 3.84. The minimum atomic E-state index is 0.117. The summed E-state index contributed by atoms with van der Waals surface area (Å²) in [7, 11) is 0. The molecule has 0 saturated carbocycles. The Morgan fingerprint density at radius 3 is 2.36 bits per heavy atom. The van der Waals surface area contributed by atoms with Crippen molar-refractivity contribution in [3.8, 4) is 0 Å². The molecule has 3 heteroatoms. The highest BCUT2D eigenvalue weighted by atomic mass is 35.5. The summed E-state index contributed by atoms with van der Waals surface area (Å²) in [5.41, 5.74) is 1.07. The normalized spacial score (nSPS) is 11.9. The zero-order valence-electron chi connectivity index (χ0n) is 8.29. The molecule has 0 aliphatic heterocycles. The van der Waals surface area contributed by atoms with Gasteiger partial charge in [0.15, 0.2) is 0 Å². The topological polar surface area (TPSA) is 36.2 Å². The largest absolute Gasteiger partial charge is 0.297 e. The summed E-state index contributed by atoms with van der Waals surface area (Å²) in [6, 6.07) is 9.48. The number of hydrogen-bond acceptors (Lipinski definition) is 2. The monoisotopic (exact) mass is 208 g/mol. The number of aliphatic imine (C=N–C) groups is 1. The molecule has 0 aliphatic rings. The van der Waals surface area contributed by atoms with Crippen molar-refractivity contribution in [1.29, 1.82) is 5.41 Å². The number of hydrogen-bond donors (Lipinski definition) is 1. The summed E-state index contributed by atoms with van der Waals surface area (Å²) in [6.07, 6.45) is 0. The van der Waals surface area contributed by atoms with Crippen LogP contribution >= 0.6 is 11.6 Å². The number of nitrogens with zero attached hydrogens (tertiary/aromatic N) is 1. The van der Waals surface area contributed by atoms with Crippen molar-refractivity contribution in [2.45, 2.75) is 19.9 Å². The lowest BCUT2D eigenvalue weighted by Crippen LogP contribution is -2.10. The fraction of sp³-hybridized carbons (Fsp3) is 0.273. The molecular weight excluding hydrogens is 196 g/mol.